The first-order valence-corrected chi connectivity index (χ1v) is 6.12. The molecule has 1 aliphatic rings. The van der Waals surface area contributed by atoms with E-state index in [9.17, 15) is 4.79 Å². The van der Waals surface area contributed by atoms with Crippen molar-refractivity contribution >= 4 is 5.91 Å². The zero-order valence-corrected chi connectivity index (χ0v) is 10.4. The Morgan fingerprint density at radius 3 is 2.88 bits per heavy atom. The molecule has 1 amide bonds. The average molecular weight is 228 g/mol. The summed E-state index contributed by atoms with van der Waals surface area (Å²) in [6.07, 6.45) is 3.93. The number of carbonyl (C=O) groups excluding carboxylic acids is 1. The van der Waals surface area contributed by atoms with Crippen LogP contribution in [0.1, 0.15) is 39.5 Å². The molecule has 1 fully saturated rings. The fraction of sp³-hybridized carbons (Fsp3) is 0.917. The largest absolute Gasteiger partial charge is 0.378 e. The Morgan fingerprint density at radius 1 is 1.56 bits per heavy atom. The maximum absolute atomic E-state index is 11.6. The molecular formula is C12H24N2O2. The molecule has 94 valence electrons. The zero-order chi connectivity index (χ0) is 12.0. The lowest BCUT2D eigenvalue weighted by Gasteiger charge is -2.22. The summed E-state index contributed by atoms with van der Waals surface area (Å²) in [5.74, 6) is 0.108. The van der Waals surface area contributed by atoms with Crippen molar-refractivity contribution in [2.45, 2.75) is 45.6 Å². The molecule has 1 unspecified atom stereocenters. The molecule has 1 aliphatic heterocycles. The Kier molecular flexibility index (Phi) is 5.22. The van der Waals surface area contributed by atoms with E-state index in [0.29, 0.717) is 25.6 Å². The third kappa shape index (κ3) is 4.94. The van der Waals surface area contributed by atoms with Crippen LogP contribution in [0.2, 0.25) is 0 Å². The van der Waals surface area contributed by atoms with Gasteiger partial charge in [0.2, 0.25) is 5.91 Å². The van der Waals surface area contributed by atoms with E-state index in [2.05, 4.69) is 5.32 Å². The Bertz CT molecular complexity index is 223. The summed E-state index contributed by atoms with van der Waals surface area (Å²) >= 11 is 0. The van der Waals surface area contributed by atoms with Crippen LogP contribution >= 0.6 is 0 Å². The summed E-state index contributed by atoms with van der Waals surface area (Å²) in [5, 5.41) is 2.92. The molecule has 3 N–H and O–H groups in total. The quantitative estimate of drug-likeness (QED) is 0.714. The van der Waals surface area contributed by atoms with Gasteiger partial charge in [-0.2, -0.15) is 0 Å². The van der Waals surface area contributed by atoms with Gasteiger partial charge >= 0.3 is 0 Å². The van der Waals surface area contributed by atoms with Crippen LogP contribution < -0.4 is 11.1 Å². The molecule has 1 atom stereocenters. The summed E-state index contributed by atoms with van der Waals surface area (Å²) in [7, 11) is 0. The van der Waals surface area contributed by atoms with Crippen LogP contribution in [0.4, 0.5) is 0 Å². The van der Waals surface area contributed by atoms with Gasteiger partial charge in [-0.15, -0.1) is 0 Å². The summed E-state index contributed by atoms with van der Waals surface area (Å²) in [4.78, 5) is 11.6. The molecule has 1 rings (SSSR count). The molecule has 1 saturated heterocycles. The van der Waals surface area contributed by atoms with Crippen molar-refractivity contribution in [3.05, 3.63) is 0 Å². The first-order valence-electron chi connectivity index (χ1n) is 6.12. The highest BCUT2D eigenvalue weighted by Crippen LogP contribution is 2.16. The molecule has 0 aromatic rings. The minimum Gasteiger partial charge on any atom is -0.378 e. The molecule has 4 heteroatoms. The summed E-state index contributed by atoms with van der Waals surface area (Å²) in [5.41, 5.74) is 5.58. The van der Waals surface area contributed by atoms with Crippen LogP contribution in [0.15, 0.2) is 0 Å². The van der Waals surface area contributed by atoms with Gasteiger partial charge in [0.05, 0.1) is 6.10 Å². The monoisotopic (exact) mass is 228 g/mol. The Balaban J connectivity index is 2.10. The minimum atomic E-state index is -0.0144. The van der Waals surface area contributed by atoms with Gasteiger partial charge in [-0.25, -0.2) is 0 Å². The lowest BCUT2D eigenvalue weighted by atomic mass is 9.94. The van der Waals surface area contributed by atoms with E-state index in [4.69, 9.17) is 10.5 Å². The summed E-state index contributed by atoms with van der Waals surface area (Å²) in [6.45, 7) is 6.18. The van der Waals surface area contributed by atoms with Crippen LogP contribution in [-0.2, 0) is 9.53 Å². The number of amides is 1. The highest BCUT2D eigenvalue weighted by Gasteiger charge is 2.19. The third-order valence-corrected chi connectivity index (χ3v) is 3.03. The number of nitrogens with one attached hydrogen (secondary N) is 1. The average Bonchev–Trinajstić information content (AvgIpc) is 2.76. The molecule has 4 nitrogen and oxygen atoms in total. The number of hydrogen-bond donors (Lipinski definition) is 2. The normalized spacial score (nSPS) is 21.1. The van der Waals surface area contributed by atoms with E-state index in [0.717, 1.165) is 25.9 Å². The van der Waals surface area contributed by atoms with Crippen molar-refractivity contribution in [2.75, 3.05) is 19.7 Å². The predicted octanol–water partition coefficient (Wildman–Crippen LogP) is 1.05. The zero-order valence-electron chi connectivity index (χ0n) is 10.4. The maximum Gasteiger partial charge on any atom is 0.220 e. The van der Waals surface area contributed by atoms with Crippen molar-refractivity contribution in [1.29, 1.82) is 0 Å². The Morgan fingerprint density at radius 2 is 2.31 bits per heavy atom. The molecule has 0 aliphatic carbocycles. The topological polar surface area (TPSA) is 64.3 Å². The molecule has 16 heavy (non-hydrogen) atoms. The predicted molar refractivity (Wildman–Crippen MR) is 64.1 cm³/mol. The number of hydrogen-bond acceptors (Lipinski definition) is 3. The number of ether oxygens (including phenoxy) is 1. The van der Waals surface area contributed by atoms with E-state index in [1.54, 1.807) is 0 Å². The van der Waals surface area contributed by atoms with E-state index in [1.165, 1.54) is 0 Å². The van der Waals surface area contributed by atoms with Gasteiger partial charge in [0.1, 0.15) is 0 Å². The lowest BCUT2D eigenvalue weighted by molar-refractivity contribution is -0.122. The van der Waals surface area contributed by atoms with Gasteiger partial charge in [-0.05, 0) is 31.2 Å². The standard InChI is InChI=1S/C12H24N2O2/c1-12(2,8-13)9-14-11(15)6-5-10-4-3-7-16-10/h10H,3-9,13H2,1-2H3,(H,14,15). The number of nitrogens with two attached hydrogens (primary N) is 1. The van der Waals surface area contributed by atoms with Crippen LogP contribution in [0.5, 0.6) is 0 Å². The van der Waals surface area contributed by atoms with E-state index >= 15 is 0 Å². The van der Waals surface area contributed by atoms with Crippen molar-refractivity contribution in [3.63, 3.8) is 0 Å². The van der Waals surface area contributed by atoms with Crippen LogP contribution in [-0.4, -0.2) is 31.7 Å². The van der Waals surface area contributed by atoms with Crippen molar-refractivity contribution in [3.8, 4) is 0 Å². The molecule has 0 bridgehead atoms. The highest BCUT2D eigenvalue weighted by molar-refractivity contribution is 5.75. The molecule has 1 heterocycles. The summed E-state index contributed by atoms with van der Waals surface area (Å²) < 4.78 is 5.47. The first-order chi connectivity index (χ1) is 7.53. The Hall–Kier alpha value is -0.610. The molecule has 0 aromatic carbocycles. The van der Waals surface area contributed by atoms with Crippen molar-refractivity contribution < 1.29 is 9.53 Å². The van der Waals surface area contributed by atoms with E-state index in [-0.39, 0.29) is 11.3 Å². The van der Waals surface area contributed by atoms with Gasteiger partial charge in [-0.1, -0.05) is 13.8 Å². The van der Waals surface area contributed by atoms with Gasteiger partial charge in [0.25, 0.3) is 0 Å². The van der Waals surface area contributed by atoms with Crippen LogP contribution in [0, 0.1) is 5.41 Å². The van der Waals surface area contributed by atoms with Gasteiger partial charge in [0.15, 0.2) is 0 Å². The molecule has 0 saturated carbocycles. The fourth-order valence-electron chi connectivity index (χ4n) is 1.66. The van der Waals surface area contributed by atoms with Crippen molar-refractivity contribution in [1.82, 2.24) is 5.32 Å². The second kappa shape index (κ2) is 6.21. The van der Waals surface area contributed by atoms with Gasteiger partial charge in [-0.3, -0.25) is 4.79 Å². The molecular weight excluding hydrogens is 204 g/mol. The van der Waals surface area contributed by atoms with E-state index in [1.807, 2.05) is 13.8 Å². The Labute approximate surface area is 97.9 Å². The summed E-state index contributed by atoms with van der Waals surface area (Å²) in [6, 6.07) is 0. The molecule has 0 spiro atoms. The smallest absolute Gasteiger partial charge is 0.220 e. The minimum absolute atomic E-state index is 0.0144. The van der Waals surface area contributed by atoms with Gasteiger partial charge in [0, 0.05) is 19.6 Å². The second-order valence-corrected chi connectivity index (χ2v) is 5.32. The fourth-order valence-corrected chi connectivity index (χ4v) is 1.66. The highest BCUT2D eigenvalue weighted by atomic mass is 16.5. The lowest BCUT2D eigenvalue weighted by Crippen LogP contribution is -2.38. The van der Waals surface area contributed by atoms with E-state index < -0.39 is 0 Å². The molecule has 0 aromatic heterocycles. The van der Waals surface area contributed by atoms with Crippen LogP contribution in [0.25, 0.3) is 0 Å². The van der Waals surface area contributed by atoms with Gasteiger partial charge < -0.3 is 15.8 Å². The first kappa shape index (κ1) is 13.5. The SMILES string of the molecule is CC(C)(CN)CNC(=O)CCC1CCCO1. The van der Waals surface area contributed by atoms with Crippen LogP contribution in [0.3, 0.4) is 0 Å². The second-order valence-electron chi connectivity index (χ2n) is 5.32. The third-order valence-electron chi connectivity index (χ3n) is 3.03. The number of carbonyl (C=O) groups is 1. The molecule has 0 radical (unpaired) electrons. The number of rotatable bonds is 6. The maximum atomic E-state index is 11.6. The van der Waals surface area contributed by atoms with Crippen molar-refractivity contribution in [2.24, 2.45) is 11.1 Å².